The number of aliphatic hydroxyl groups is 2. The normalized spacial score (nSPS) is 21.3. The predicted molar refractivity (Wildman–Crippen MR) is 107 cm³/mol. The quantitative estimate of drug-likeness (QED) is 0.546. The van der Waals surface area contributed by atoms with Gasteiger partial charge in [0.05, 0.1) is 13.2 Å². The van der Waals surface area contributed by atoms with Crippen molar-refractivity contribution in [3.63, 3.8) is 0 Å². The van der Waals surface area contributed by atoms with Gasteiger partial charge in [-0.2, -0.15) is 0 Å². The van der Waals surface area contributed by atoms with Crippen LogP contribution in [0, 0.1) is 0 Å². The second-order valence-electron chi connectivity index (χ2n) is 7.32. The molecule has 1 aromatic carbocycles. The number of benzene rings is 1. The molecule has 0 aromatic heterocycles. The summed E-state index contributed by atoms with van der Waals surface area (Å²) in [6.07, 6.45) is 3.10. The molecule has 0 aliphatic heterocycles. The number of aliphatic hydroxyl groups excluding tert-OH is 2. The molecule has 0 saturated heterocycles. The molecule has 3 N–H and O–H groups in total. The van der Waals surface area contributed by atoms with E-state index in [-0.39, 0.29) is 12.7 Å². The van der Waals surface area contributed by atoms with Gasteiger partial charge in [0, 0.05) is 19.1 Å². The molecule has 0 heterocycles. The first kappa shape index (κ1) is 22.0. The van der Waals surface area contributed by atoms with Crippen LogP contribution in [0.25, 0.3) is 0 Å². The van der Waals surface area contributed by atoms with E-state index in [0.717, 1.165) is 50.9 Å². The highest BCUT2D eigenvalue weighted by Crippen LogP contribution is 2.28. The van der Waals surface area contributed by atoms with Gasteiger partial charge in [-0.3, -0.25) is 0 Å². The number of methoxy groups -OCH3 is 1. The lowest BCUT2D eigenvalue weighted by molar-refractivity contribution is 0.0705. The Morgan fingerprint density at radius 3 is 2.48 bits per heavy atom. The van der Waals surface area contributed by atoms with E-state index in [1.54, 1.807) is 7.11 Å². The van der Waals surface area contributed by atoms with Gasteiger partial charge in [-0.1, -0.05) is 19.9 Å². The number of rotatable bonds is 11. The Morgan fingerprint density at radius 1 is 1.15 bits per heavy atom. The van der Waals surface area contributed by atoms with Gasteiger partial charge in [0.2, 0.25) is 0 Å². The van der Waals surface area contributed by atoms with E-state index < -0.39 is 6.10 Å². The van der Waals surface area contributed by atoms with Crippen LogP contribution in [-0.4, -0.2) is 66.7 Å². The molecule has 27 heavy (non-hydrogen) atoms. The number of nitrogens with zero attached hydrogens (tertiary/aromatic N) is 1. The Balaban J connectivity index is 1.88. The summed E-state index contributed by atoms with van der Waals surface area (Å²) >= 11 is 0. The smallest absolute Gasteiger partial charge is 0.161 e. The molecular weight excluding hydrogens is 344 g/mol. The van der Waals surface area contributed by atoms with E-state index in [4.69, 9.17) is 9.47 Å². The minimum absolute atomic E-state index is 0.133. The van der Waals surface area contributed by atoms with Crippen LogP contribution in [0.15, 0.2) is 18.2 Å². The number of hydrogen-bond donors (Lipinski definition) is 3. The maximum atomic E-state index is 10.2. The van der Waals surface area contributed by atoms with Gasteiger partial charge in [0.25, 0.3) is 0 Å². The fraction of sp³-hybridized carbons (Fsp3) is 0.714. The fourth-order valence-electron chi connectivity index (χ4n) is 3.50. The molecule has 1 aliphatic rings. The molecular formula is C21H36N2O4. The number of ether oxygens (including phenoxy) is 2. The molecule has 6 nitrogen and oxygen atoms in total. The average Bonchev–Trinajstić information content (AvgIpc) is 2.70. The maximum absolute atomic E-state index is 10.2. The van der Waals surface area contributed by atoms with E-state index in [2.05, 4.69) is 24.1 Å². The Kier molecular flexibility index (Phi) is 9.34. The van der Waals surface area contributed by atoms with Crippen LogP contribution in [0.2, 0.25) is 0 Å². The molecule has 154 valence electrons. The van der Waals surface area contributed by atoms with Crippen molar-refractivity contribution in [3.8, 4) is 11.5 Å². The molecule has 1 fully saturated rings. The molecule has 1 atom stereocenters. The lowest BCUT2D eigenvalue weighted by Crippen LogP contribution is -2.35. The highest BCUT2D eigenvalue weighted by atomic mass is 16.5. The zero-order valence-corrected chi connectivity index (χ0v) is 17.0. The lowest BCUT2D eigenvalue weighted by atomic mass is 9.93. The minimum atomic E-state index is -0.537. The second kappa shape index (κ2) is 11.5. The molecule has 6 heteroatoms. The molecule has 0 unspecified atom stereocenters. The largest absolute Gasteiger partial charge is 0.493 e. The van der Waals surface area contributed by atoms with Crippen molar-refractivity contribution in [2.24, 2.45) is 0 Å². The third kappa shape index (κ3) is 7.30. The first-order valence-corrected chi connectivity index (χ1v) is 10.2. The van der Waals surface area contributed by atoms with Crippen LogP contribution in [0.4, 0.5) is 0 Å². The lowest BCUT2D eigenvalue weighted by Gasteiger charge is -2.26. The summed E-state index contributed by atoms with van der Waals surface area (Å²) in [5.41, 5.74) is 1.12. The second-order valence-corrected chi connectivity index (χ2v) is 7.32. The molecule has 0 spiro atoms. The first-order chi connectivity index (χ1) is 13.0. The molecule has 1 aliphatic carbocycles. The third-order valence-electron chi connectivity index (χ3n) is 5.31. The molecule has 1 saturated carbocycles. The van der Waals surface area contributed by atoms with Crippen molar-refractivity contribution in [2.45, 2.75) is 64.3 Å². The number of nitrogens with one attached hydrogen (secondary N) is 1. The van der Waals surface area contributed by atoms with Crippen LogP contribution in [0.5, 0.6) is 11.5 Å². The van der Waals surface area contributed by atoms with Crippen molar-refractivity contribution in [1.82, 2.24) is 10.2 Å². The number of hydrogen-bond acceptors (Lipinski definition) is 6. The minimum Gasteiger partial charge on any atom is -0.493 e. The van der Waals surface area contributed by atoms with Crippen LogP contribution in [-0.2, 0) is 6.54 Å². The zero-order valence-electron chi connectivity index (χ0n) is 17.0. The third-order valence-corrected chi connectivity index (χ3v) is 5.31. The van der Waals surface area contributed by atoms with Crippen molar-refractivity contribution < 1.29 is 19.7 Å². The van der Waals surface area contributed by atoms with Gasteiger partial charge in [0.15, 0.2) is 11.5 Å². The summed E-state index contributed by atoms with van der Waals surface area (Å²) in [6.45, 7) is 7.59. The van der Waals surface area contributed by atoms with Gasteiger partial charge in [-0.05, 0) is 56.5 Å². The zero-order chi connectivity index (χ0) is 19.6. The SMILES string of the molecule is CCN(CC)C[C@H](O)COc1cc(CNC2CCC(O)CC2)ccc1OC. The van der Waals surface area contributed by atoms with Crippen molar-refractivity contribution in [2.75, 3.05) is 33.4 Å². The van der Waals surface area contributed by atoms with E-state index in [9.17, 15) is 10.2 Å². The van der Waals surface area contributed by atoms with Gasteiger partial charge in [-0.25, -0.2) is 0 Å². The molecule has 0 bridgehead atoms. The number of likely N-dealkylation sites (N-methyl/N-ethyl adjacent to an activating group) is 1. The predicted octanol–water partition coefficient (Wildman–Crippen LogP) is 2.17. The van der Waals surface area contributed by atoms with Gasteiger partial charge >= 0.3 is 0 Å². The van der Waals surface area contributed by atoms with Crippen LogP contribution in [0.1, 0.15) is 45.1 Å². The van der Waals surface area contributed by atoms with E-state index in [1.807, 2.05) is 18.2 Å². The van der Waals surface area contributed by atoms with Crippen molar-refractivity contribution in [3.05, 3.63) is 23.8 Å². The topological polar surface area (TPSA) is 74.2 Å². The summed E-state index contributed by atoms with van der Waals surface area (Å²) in [7, 11) is 1.62. The van der Waals surface area contributed by atoms with Gasteiger partial charge in [-0.15, -0.1) is 0 Å². The summed E-state index contributed by atoms with van der Waals surface area (Å²) in [5.74, 6) is 1.34. The van der Waals surface area contributed by atoms with E-state index in [0.29, 0.717) is 24.1 Å². The summed E-state index contributed by atoms with van der Waals surface area (Å²) in [4.78, 5) is 2.17. The first-order valence-electron chi connectivity index (χ1n) is 10.2. The maximum Gasteiger partial charge on any atom is 0.161 e. The van der Waals surface area contributed by atoms with E-state index in [1.165, 1.54) is 0 Å². The highest BCUT2D eigenvalue weighted by Gasteiger charge is 2.19. The van der Waals surface area contributed by atoms with Crippen LogP contribution in [0.3, 0.4) is 0 Å². The van der Waals surface area contributed by atoms with Gasteiger partial charge < -0.3 is 29.9 Å². The fourth-order valence-corrected chi connectivity index (χ4v) is 3.50. The molecule has 1 aromatic rings. The van der Waals surface area contributed by atoms with E-state index >= 15 is 0 Å². The highest BCUT2D eigenvalue weighted by molar-refractivity contribution is 5.43. The molecule has 0 radical (unpaired) electrons. The summed E-state index contributed by atoms with van der Waals surface area (Å²) in [5, 5.41) is 23.4. The summed E-state index contributed by atoms with van der Waals surface area (Å²) in [6, 6.07) is 6.38. The Morgan fingerprint density at radius 2 is 1.85 bits per heavy atom. The Hall–Kier alpha value is -1.34. The van der Waals surface area contributed by atoms with Crippen molar-refractivity contribution in [1.29, 1.82) is 0 Å². The summed E-state index contributed by atoms with van der Waals surface area (Å²) < 4.78 is 11.3. The molecule has 2 rings (SSSR count). The average molecular weight is 381 g/mol. The molecule has 0 amide bonds. The van der Waals surface area contributed by atoms with Crippen LogP contribution >= 0.6 is 0 Å². The van der Waals surface area contributed by atoms with Crippen molar-refractivity contribution >= 4 is 0 Å². The Bertz CT molecular complexity index is 543. The monoisotopic (exact) mass is 380 g/mol. The Labute approximate surface area is 163 Å². The standard InChI is InChI=1S/C21H36N2O4/c1-4-23(5-2)14-19(25)15-27-21-12-16(6-11-20(21)26-3)13-22-17-7-9-18(24)10-8-17/h6,11-12,17-19,22,24-25H,4-5,7-10,13-15H2,1-3H3/t17?,18?,19-/m0/s1. The van der Waals surface area contributed by atoms with Gasteiger partial charge in [0.1, 0.15) is 12.7 Å². The van der Waals surface area contributed by atoms with Crippen LogP contribution < -0.4 is 14.8 Å².